The molecule has 6 heteroatoms. The fourth-order valence-corrected chi connectivity index (χ4v) is 3.65. The Kier molecular flexibility index (Phi) is 4.04. The van der Waals surface area contributed by atoms with Crippen LogP contribution in [0.1, 0.15) is 41.3 Å². The van der Waals surface area contributed by atoms with E-state index in [1.807, 2.05) is 4.90 Å². The number of fused-ring (bicyclic) bond motifs is 1. The zero-order chi connectivity index (χ0) is 16.7. The van der Waals surface area contributed by atoms with Crippen molar-refractivity contribution in [2.24, 2.45) is 0 Å². The standard InChI is InChI=1S/C18H19ClFN3O/c19-14-2-1-3-15(20)13(14)10-17(24)23-8-6-12-16(7-9-23)21-22-18(12)11-4-5-11/h1-3,11H,4-10H2,(H,21,22). The van der Waals surface area contributed by atoms with Gasteiger partial charge in [-0.25, -0.2) is 4.39 Å². The van der Waals surface area contributed by atoms with Gasteiger partial charge in [0.05, 0.1) is 12.1 Å². The minimum Gasteiger partial charge on any atom is -0.342 e. The molecule has 0 bridgehead atoms. The second-order valence-corrected chi connectivity index (χ2v) is 7.01. The number of amides is 1. The van der Waals surface area contributed by atoms with Crippen molar-refractivity contribution in [3.05, 3.63) is 51.6 Å². The predicted molar refractivity (Wildman–Crippen MR) is 89.7 cm³/mol. The van der Waals surface area contributed by atoms with Crippen LogP contribution in [-0.4, -0.2) is 34.1 Å². The summed E-state index contributed by atoms with van der Waals surface area (Å²) in [6.45, 7) is 1.28. The lowest BCUT2D eigenvalue weighted by Crippen LogP contribution is -2.34. The molecule has 0 spiro atoms. The Morgan fingerprint density at radius 3 is 2.88 bits per heavy atom. The van der Waals surface area contributed by atoms with E-state index < -0.39 is 5.82 Å². The van der Waals surface area contributed by atoms with Gasteiger partial charge in [-0.1, -0.05) is 17.7 Å². The monoisotopic (exact) mass is 347 g/mol. The minimum atomic E-state index is -0.420. The third-order valence-electron chi connectivity index (χ3n) is 4.95. The third kappa shape index (κ3) is 2.93. The van der Waals surface area contributed by atoms with E-state index in [9.17, 15) is 9.18 Å². The molecular formula is C18H19ClFN3O. The van der Waals surface area contributed by atoms with Crippen LogP contribution in [0.2, 0.25) is 5.02 Å². The van der Waals surface area contributed by atoms with Crippen molar-refractivity contribution in [2.75, 3.05) is 13.1 Å². The molecule has 2 aliphatic rings. The highest BCUT2D eigenvalue weighted by atomic mass is 35.5. The van der Waals surface area contributed by atoms with Gasteiger partial charge in [-0.3, -0.25) is 9.89 Å². The fourth-order valence-electron chi connectivity index (χ4n) is 3.42. The summed E-state index contributed by atoms with van der Waals surface area (Å²) in [5, 5.41) is 7.92. The molecule has 0 saturated heterocycles. The summed E-state index contributed by atoms with van der Waals surface area (Å²) < 4.78 is 13.9. The van der Waals surface area contributed by atoms with Crippen molar-refractivity contribution in [1.29, 1.82) is 0 Å². The van der Waals surface area contributed by atoms with Crippen molar-refractivity contribution in [2.45, 2.75) is 38.0 Å². The lowest BCUT2D eigenvalue weighted by molar-refractivity contribution is -0.130. The average Bonchev–Trinajstić information content (AvgIpc) is 3.36. The molecule has 0 atom stereocenters. The molecule has 1 fully saturated rings. The summed E-state index contributed by atoms with van der Waals surface area (Å²) in [5.74, 6) is 0.105. The first-order chi connectivity index (χ1) is 11.6. The Balaban J connectivity index is 1.47. The second kappa shape index (κ2) is 6.20. The molecule has 1 amide bonds. The van der Waals surface area contributed by atoms with E-state index in [2.05, 4.69) is 10.2 Å². The van der Waals surface area contributed by atoms with E-state index in [0.29, 0.717) is 24.0 Å². The Morgan fingerprint density at radius 2 is 2.12 bits per heavy atom. The molecule has 4 rings (SSSR count). The van der Waals surface area contributed by atoms with Gasteiger partial charge in [-0.05, 0) is 37.0 Å². The molecule has 1 N–H and O–H groups in total. The fraction of sp³-hybridized carbons (Fsp3) is 0.444. The average molecular weight is 348 g/mol. The minimum absolute atomic E-state index is 0.00712. The quantitative estimate of drug-likeness (QED) is 0.926. The summed E-state index contributed by atoms with van der Waals surface area (Å²) in [5.41, 5.74) is 3.91. The highest BCUT2D eigenvalue weighted by Gasteiger charge is 2.31. The van der Waals surface area contributed by atoms with E-state index in [1.165, 1.54) is 30.2 Å². The van der Waals surface area contributed by atoms with Gasteiger partial charge in [-0.15, -0.1) is 0 Å². The highest BCUT2D eigenvalue weighted by Crippen LogP contribution is 2.41. The lowest BCUT2D eigenvalue weighted by Gasteiger charge is -2.21. The number of nitrogens with zero attached hydrogens (tertiary/aromatic N) is 2. The zero-order valence-corrected chi connectivity index (χ0v) is 14.1. The maximum absolute atomic E-state index is 13.9. The number of rotatable bonds is 3. The molecule has 24 heavy (non-hydrogen) atoms. The number of benzene rings is 1. The molecule has 0 unspecified atom stereocenters. The largest absolute Gasteiger partial charge is 0.342 e. The van der Waals surface area contributed by atoms with Crippen molar-refractivity contribution >= 4 is 17.5 Å². The van der Waals surface area contributed by atoms with Gasteiger partial charge in [0.1, 0.15) is 5.82 Å². The third-order valence-corrected chi connectivity index (χ3v) is 5.31. The number of nitrogens with one attached hydrogen (secondary N) is 1. The van der Waals surface area contributed by atoms with Gasteiger partial charge in [0.15, 0.2) is 0 Å². The zero-order valence-electron chi connectivity index (χ0n) is 13.3. The van der Waals surface area contributed by atoms with Crippen LogP contribution in [0.25, 0.3) is 0 Å². The second-order valence-electron chi connectivity index (χ2n) is 6.60. The number of H-pyrrole nitrogens is 1. The van der Waals surface area contributed by atoms with E-state index in [-0.39, 0.29) is 17.9 Å². The van der Waals surface area contributed by atoms with Gasteiger partial charge in [0.2, 0.25) is 5.91 Å². The van der Waals surface area contributed by atoms with Gasteiger partial charge in [0.25, 0.3) is 0 Å². The van der Waals surface area contributed by atoms with Crippen LogP contribution in [0.15, 0.2) is 18.2 Å². The summed E-state index contributed by atoms with van der Waals surface area (Å²) in [4.78, 5) is 14.4. The van der Waals surface area contributed by atoms with Crippen LogP contribution in [0.3, 0.4) is 0 Å². The summed E-state index contributed by atoms with van der Waals surface area (Å²) >= 11 is 6.04. The maximum Gasteiger partial charge on any atom is 0.227 e. The first kappa shape index (κ1) is 15.6. The Morgan fingerprint density at radius 1 is 1.33 bits per heavy atom. The summed E-state index contributed by atoms with van der Waals surface area (Å²) in [6.07, 6.45) is 4.02. The number of carbonyl (C=O) groups is 1. The van der Waals surface area contributed by atoms with Crippen molar-refractivity contribution in [1.82, 2.24) is 15.1 Å². The van der Waals surface area contributed by atoms with Crippen molar-refractivity contribution in [3.8, 4) is 0 Å². The first-order valence-electron chi connectivity index (χ1n) is 8.40. The van der Waals surface area contributed by atoms with E-state index >= 15 is 0 Å². The van der Waals surface area contributed by atoms with Crippen molar-refractivity contribution in [3.63, 3.8) is 0 Å². The lowest BCUT2D eigenvalue weighted by atomic mass is 10.1. The van der Waals surface area contributed by atoms with E-state index in [4.69, 9.17) is 11.6 Å². The predicted octanol–water partition coefficient (Wildman–Crippen LogP) is 3.25. The summed E-state index contributed by atoms with van der Waals surface area (Å²) in [7, 11) is 0. The van der Waals surface area contributed by atoms with Crippen LogP contribution < -0.4 is 0 Å². The highest BCUT2D eigenvalue weighted by molar-refractivity contribution is 6.31. The molecule has 2 aromatic rings. The summed E-state index contributed by atoms with van der Waals surface area (Å²) in [6, 6.07) is 4.51. The van der Waals surface area contributed by atoms with Gasteiger partial charge in [-0.2, -0.15) is 5.10 Å². The van der Waals surface area contributed by atoms with E-state index in [1.54, 1.807) is 12.1 Å². The van der Waals surface area contributed by atoms with Crippen LogP contribution in [0.5, 0.6) is 0 Å². The number of aromatic nitrogens is 2. The van der Waals surface area contributed by atoms with Gasteiger partial charge in [0, 0.05) is 41.7 Å². The van der Waals surface area contributed by atoms with E-state index in [0.717, 1.165) is 18.5 Å². The SMILES string of the molecule is O=C(Cc1c(F)cccc1Cl)N1CCc2[nH]nc(C3CC3)c2CC1. The topological polar surface area (TPSA) is 49.0 Å². The number of halogens is 2. The molecule has 1 aliphatic carbocycles. The first-order valence-corrected chi connectivity index (χ1v) is 8.78. The Labute approximate surface area is 145 Å². The molecule has 0 radical (unpaired) electrons. The molecule has 1 saturated carbocycles. The van der Waals surface area contributed by atoms with Crippen molar-refractivity contribution < 1.29 is 9.18 Å². The molecule has 1 aromatic heterocycles. The Hall–Kier alpha value is -1.88. The molecule has 4 nitrogen and oxygen atoms in total. The van der Waals surface area contributed by atoms with Gasteiger partial charge < -0.3 is 4.90 Å². The maximum atomic E-state index is 13.9. The number of aromatic amines is 1. The number of hydrogen-bond acceptors (Lipinski definition) is 2. The molecule has 126 valence electrons. The molecular weight excluding hydrogens is 329 g/mol. The Bertz CT molecular complexity index is 764. The van der Waals surface area contributed by atoms with Crippen LogP contribution in [0, 0.1) is 5.82 Å². The molecule has 2 heterocycles. The van der Waals surface area contributed by atoms with Crippen LogP contribution in [0.4, 0.5) is 4.39 Å². The normalized spacial score (nSPS) is 17.5. The smallest absolute Gasteiger partial charge is 0.227 e. The van der Waals surface area contributed by atoms with Gasteiger partial charge >= 0.3 is 0 Å². The number of carbonyl (C=O) groups excluding carboxylic acids is 1. The van der Waals surface area contributed by atoms with Crippen LogP contribution >= 0.6 is 11.6 Å². The molecule has 1 aliphatic heterocycles. The number of hydrogen-bond donors (Lipinski definition) is 1. The van der Waals surface area contributed by atoms with Crippen LogP contribution in [-0.2, 0) is 24.1 Å². The molecule has 1 aromatic carbocycles.